The van der Waals surface area contributed by atoms with E-state index in [1.165, 1.54) is 19.3 Å². The number of halogens is 1. The summed E-state index contributed by atoms with van der Waals surface area (Å²) in [5, 5.41) is 12.4. The number of allylic oxidation sites excluding steroid dienone is 1. The van der Waals surface area contributed by atoms with Crippen molar-refractivity contribution in [2.75, 3.05) is 19.0 Å². The van der Waals surface area contributed by atoms with Crippen LogP contribution in [0.25, 0.3) is 6.08 Å². The lowest BCUT2D eigenvalue weighted by Gasteiger charge is -2.19. The molecule has 2 aromatic rings. The highest BCUT2D eigenvalue weighted by atomic mass is 79.9. The van der Waals surface area contributed by atoms with E-state index in [0.717, 1.165) is 0 Å². The number of anilines is 1. The van der Waals surface area contributed by atoms with E-state index in [0.29, 0.717) is 32.8 Å². The Morgan fingerprint density at radius 3 is 2.88 bits per heavy atom. The second kappa shape index (κ2) is 6.98. The van der Waals surface area contributed by atoms with Crippen LogP contribution >= 0.6 is 15.9 Å². The monoisotopic (exact) mass is 403 g/mol. The van der Waals surface area contributed by atoms with Crippen molar-refractivity contribution in [1.29, 1.82) is 0 Å². The van der Waals surface area contributed by atoms with E-state index in [1.54, 1.807) is 30.3 Å². The van der Waals surface area contributed by atoms with Crippen LogP contribution in [-0.4, -0.2) is 30.5 Å². The number of carbonyl (C=O) groups is 2. The van der Waals surface area contributed by atoms with E-state index in [1.807, 2.05) is 0 Å². The fraction of sp³-hybridized carbons (Fsp3) is 0.111. The standard InChI is InChI=1S/C18H14BrNO5/c1-24-16-5-3-10(6-15(16)22)2-4-14(21)11-7-17-13(8-12(11)19)20-18(23)9-25-17/h2-8,22H,9H2,1H3,(H,20,23). The fourth-order valence-electron chi connectivity index (χ4n) is 2.36. The van der Waals surface area contributed by atoms with Crippen molar-refractivity contribution in [1.82, 2.24) is 0 Å². The molecule has 0 saturated carbocycles. The first-order chi connectivity index (χ1) is 12.0. The summed E-state index contributed by atoms with van der Waals surface area (Å²) in [6.07, 6.45) is 2.99. The van der Waals surface area contributed by atoms with Gasteiger partial charge in [0.05, 0.1) is 12.8 Å². The maximum atomic E-state index is 12.5. The molecule has 0 spiro atoms. The fourth-order valence-corrected chi connectivity index (χ4v) is 2.90. The summed E-state index contributed by atoms with van der Waals surface area (Å²) in [7, 11) is 1.46. The van der Waals surface area contributed by atoms with Crippen LogP contribution in [0.3, 0.4) is 0 Å². The highest BCUT2D eigenvalue weighted by molar-refractivity contribution is 9.10. The Hall–Kier alpha value is -2.80. The molecule has 6 nitrogen and oxygen atoms in total. The molecule has 25 heavy (non-hydrogen) atoms. The number of hydrogen-bond donors (Lipinski definition) is 2. The van der Waals surface area contributed by atoms with E-state index >= 15 is 0 Å². The third kappa shape index (κ3) is 3.66. The van der Waals surface area contributed by atoms with Gasteiger partial charge in [0.2, 0.25) is 0 Å². The lowest BCUT2D eigenvalue weighted by molar-refractivity contribution is -0.118. The molecule has 0 aromatic heterocycles. The van der Waals surface area contributed by atoms with Crippen molar-refractivity contribution >= 4 is 39.4 Å². The first kappa shape index (κ1) is 17.0. The first-order valence-corrected chi connectivity index (χ1v) is 8.13. The zero-order valence-corrected chi connectivity index (χ0v) is 14.8. The maximum Gasteiger partial charge on any atom is 0.262 e. The van der Waals surface area contributed by atoms with E-state index in [9.17, 15) is 14.7 Å². The van der Waals surface area contributed by atoms with Crippen LogP contribution in [0.5, 0.6) is 17.2 Å². The Kier molecular flexibility index (Phi) is 4.76. The van der Waals surface area contributed by atoms with Crippen LogP contribution < -0.4 is 14.8 Å². The number of phenols is 1. The predicted octanol–water partition coefficient (Wildman–Crippen LogP) is 3.39. The molecule has 0 aliphatic carbocycles. The highest BCUT2D eigenvalue weighted by Gasteiger charge is 2.19. The number of rotatable bonds is 4. The molecule has 2 aromatic carbocycles. The number of nitrogens with one attached hydrogen (secondary N) is 1. The molecule has 1 aliphatic rings. The van der Waals surface area contributed by atoms with Gasteiger partial charge in [-0.2, -0.15) is 0 Å². The molecule has 0 radical (unpaired) electrons. The summed E-state index contributed by atoms with van der Waals surface area (Å²) < 4.78 is 10.9. The number of ether oxygens (including phenoxy) is 2. The third-order valence-corrected chi connectivity index (χ3v) is 4.25. The molecule has 0 unspecified atom stereocenters. The second-order valence-corrected chi connectivity index (χ2v) is 6.15. The van der Waals surface area contributed by atoms with Gasteiger partial charge in [-0.1, -0.05) is 12.1 Å². The molecular formula is C18H14BrNO5. The lowest BCUT2D eigenvalue weighted by Crippen LogP contribution is -2.25. The molecule has 0 atom stereocenters. The normalized spacial score (nSPS) is 13.1. The van der Waals surface area contributed by atoms with Crippen LogP contribution in [0.15, 0.2) is 40.9 Å². The van der Waals surface area contributed by atoms with E-state index in [-0.39, 0.29) is 24.0 Å². The molecule has 1 amide bonds. The minimum absolute atomic E-state index is 0.00352. The number of hydrogen-bond acceptors (Lipinski definition) is 5. The molecule has 2 N–H and O–H groups in total. The van der Waals surface area contributed by atoms with Gasteiger partial charge in [0.25, 0.3) is 5.91 Å². The maximum absolute atomic E-state index is 12.5. The van der Waals surface area contributed by atoms with Crippen LogP contribution in [0.1, 0.15) is 15.9 Å². The highest BCUT2D eigenvalue weighted by Crippen LogP contribution is 2.34. The van der Waals surface area contributed by atoms with Gasteiger partial charge < -0.3 is 19.9 Å². The Bertz CT molecular complexity index is 891. The summed E-state index contributed by atoms with van der Waals surface area (Å²) >= 11 is 3.33. The van der Waals surface area contributed by atoms with Gasteiger partial charge in [-0.25, -0.2) is 0 Å². The van der Waals surface area contributed by atoms with Crippen LogP contribution in [0.4, 0.5) is 5.69 Å². The van der Waals surface area contributed by atoms with Gasteiger partial charge in [-0.3, -0.25) is 9.59 Å². The van der Waals surface area contributed by atoms with Gasteiger partial charge >= 0.3 is 0 Å². The predicted molar refractivity (Wildman–Crippen MR) is 96.3 cm³/mol. The van der Waals surface area contributed by atoms with Crippen molar-refractivity contribution in [3.63, 3.8) is 0 Å². The third-order valence-electron chi connectivity index (χ3n) is 3.60. The summed E-state index contributed by atoms with van der Waals surface area (Å²) in [5.41, 5.74) is 1.58. The van der Waals surface area contributed by atoms with Crippen molar-refractivity contribution in [3.8, 4) is 17.2 Å². The SMILES string of the molecule is COc1ccc(C=CC(=O)c2cc3c(cc2Br)NC(=O)CO3)cc1O. The topological polar surface area (TPSA) is 84.9 Å². The molecule has 1 heterocycles. The van der Waals surface area contributed by atoms with Gasteiger partial charge in [-0.05, 0) is 51.8 Å². The molecule has 0 bridgehead atoms. The summed E-state index contributed by atoms with van der Waals surface area (Å²) in [6, 6.07) is 8.06. The molecule has 3 rings (SSSR count). The minimum atomic E-state index is -0.245. The van der Waals surface area contributed by atoms with Gasteiger partial charge in [0.15, 0.2) is 23.9 Å². The number of methoxy groups -OCH3 is 1. The second-order valence-electron chi connectivity index (χ2n) is 5.29. The lowest BCUT2D eigenvalue weighted by atomic mass is 10.1. The Morgan fingerprint density at radius 1 is 1.36 bits per heavy atom. The van der Waals surface area contributed by atoms with E-state index < -0.39 is 0 Å². The van der Waals surface area contributed by atoms with Crippen LogP contribution in [0.2, 0.25) is 0 Å². The quantitative estimate of drug-likeness (QED) is 0.603. The number of ketones is 1. The van der Waals surface area contributed by atoms with Crippen molar-refractivity contribution < 1.29 is 24.2 Å². The van der Waals surface area contributed by atoms with Gasteiger partial charge in [0, 0.05) is 10.0 Å². The van der Waals surface area contributed by atoms with Gasteiger partial charge in [0.1, 0.15) is 5.75 Å². The number of amides is 1. The summed E-state index contributed by atoms with van der Waals surface area (Å²) in [6.45, 7) is -0.0801. The largest absolute Gasteiger partial charge is 0.504 e. The van der Waals surface area contributed by atoms with Crippen molar-refractivity contribution in [2.24, 2.45) is 0 Å². The summed E-state index contributed by atoms with van der Waals surface area (Å²) in [4.78, 5) is 23.8. The molecule has 0 saturated heterocycles. The Balaban J connectivity index is 1.84. The van der Waals surface area contributed by atoms with Crippen LogP contribution in [0, 0.1) is 0 Å². The minimum Gasteiger partial charge on any atom is -0.504 e. The average Bonchev–Trinajstić information content (AvgIpc) is 2.59. The molecule has 128 valence electrons. The molecular weight excluding hydrogens is 390 g/mol. The molecule has 0 fully saturated rings. The van der Waals surface area contributed by atoms with Gasteiger partial charge in [-0.15, -0.1) is 0 Å². The molecule has 1 aliphatic heterocycles. The first-order valence-electron chi connectivity index (χ1n) is 7.33. The van der Waals surface area contributed by atoms with Crippen LogP contribution in [-0.2, 0) is 4.79 Å². The smallest absolute Gasteiger partial charge is 0.262 e. The number of aromatic hydroxyl groups is 1. The number of fused-ring (bicyclic) bond motifs is 1. The average molecular weight is 404 g/mol. The van der Waals surface area contributed by atoms with Crippen molar-refractivity contribution in [3.05, 3.63) is 52.0 Å². The Labute approximate surface area is 152 Å². The number of benzene rings is 2. The van der Waals surface area contributed by atoms with Crippen molar-refractivity contribution in [2.45, 2.75) is 0 Å². The van der Waals surface area contributed by atoms with E-state index in [2.05, 4.69) is 21.2 Å². The zero-order chi connectivity index (χ0) is 18.0. The number of phenolic OH excluding ortho intramolecular Hbond substituents is 1. The van der Waals surface area contributed by atoms with E-state index in [4.69, 9.17) is 9.47 Å². The summed E-state index contributed by atoms with van der Waals surface area (Å²) in [5.74, 6) is 0.320. The molecule has 7 heteroatoms. The Morgan fingerprint density at radius 2 is 2.16 bits per heavy atom. The number of carbonyl (C=O) groups excluding carboxylic acids is 2. The zero-order valence-electron chi connectivity index (χ0n) is 13.2.